The van der Waals surface area contributed by atoms with Crippen LogP contribution in [-0.4, -0.2) is 17.5 Å². The van der Waals surface area contributed by atoms with Gasteiger partial charge in [-0.2, -0.15) is 5.26 Å². The minimum absolute atomic E-state index is 0.679. The van der Waals surface area contributed by atoms with Gasteiger partial charge in [0, 0.05) is 19.0 Å². The molecule has 0 spiro atoms. The van der Waals surface area contributed by atoms with Gasteiger partial charge in [-0.15, -0.1) is 0 Å². The molecule has 1 fully saturated rings. The van der Waals surface area contributed by atoms with E-state index in [1.807, 2.05) is 0 Å². The molecule has 0 radical (unpaired) electrons. The molecule has 0 amide bonds. The first kappa shape index (κ1) is 11.2. The quantitative estimate of drug-likeness (QED) is 0.681. The second kappa shape index (κ2) is 5.67. The fourth-order valence-corrected chi connectivity index (χ4v) is 2.01. The van der Waals surface area contributed by atoms with E-state index in [9.17, 15) is 0 Å². The van der Waals surface area contributed by atoms with E-state index in [-0.39, 0.29) is 0 Å². The Morgan fingerprint density at radius 3 is 2.62 bits per heavy atom. The Labute approximate surface area is 97.5 Å². The molecule has 0 unspecified atom stereocenters. The minimum atomic E-state index is 0.679. The summed E-state index contributed by atoms with van der Waals surface area (Å²) in [5.74, 6) is 0. The van der Waals surface area contributed by atoms with Crippen LogP contribution in [0.4, 0.5) is 0 Å². The number of benzene rings is 1. The van der Waals surface area contributed by atoms with Gasteiger partial charge < -0.3 is 0 Å². The molecule has 0 saturated heterocycles. The van der Waals surface area contributed by atoms with Gasteiger partial charge in [-0.25, -0.2) is 0 Å². The summed E-state index contributed by atoms with van der Waals surface area (Å²) in [6.07, 6.45) is 4.34. The van der Waals surface area contributed by atoms with Gasteiger partial charge >= 0.3 is 0 Å². The molecule has 0 atom stereocenters. The van der Waals surface area contributed by atoms with Gasteiger partial charge in [0.2, 0.25) is 0 Å². The van der Waals surface area contributed by atoms with E-state index in [1.165, 1.54) is 18.4 Å². The van der Waals surface area contributed by atoms with Crippen LogP contribution in [0.15, 0.2) is 30.3 Å². The number of hydrogen-bond acceptors (Lipinski definition) is 2. The van der Waals surface area contributed by atoms with Crippen molar-refractivity contribution < 1.29 is 0 Å². The topological polar surface area (TPSA) is 27.0 Å². The average molecular weight is 214 g/mol. The highest BCUT2D eigenvalue weighted by atomic mass is 15.2. The Kier molecular flexibility index (Phi) is 3.96. The van der Waals surface area contributed by atoms with Crippen molar-refractivity contribution in [3.05, 3.63) is 35.9 Å². The van der Waals surface area contributed by atoms with Crippen LogP contribution >= 0.6 is 0 Å². The molecule has 0 N–H and O–H groups in total. The highest BCUT2D eigenvalue weighted by molar-refractivity contribution is 5.14. The molecule has 16 heavy (non-hydrogen) atoms. The van der Waals surface area contributed by atoms with Gasteiger partial charge in [-0.1, -0.05) is 30.3 Å². The van der Waals surface area contributed by atoms with Crippen LogP contribution in [0.3, 0.4) is 0 Å². The van der Waals surface area contributed by atoms with Crippen molar-refractivity contribution in [1.29, 1.82) is 5.26 Å². The summed E-state index contributed by atoms with van der Waals surface area (Å²) >= 11 is 0. The lowest BCUT2D eigenvalue weighted by Crippen LogP contribution is -2.26. The first-order valence-corrected chi connectivity index (χ1v) is 6.05. The molecule has 84 valence electrons. The first-order chi connectivity index (χ1) is 7.90. The lowest BCUT2D eigenvalue weighted by Gasteiger charge is -2.21. The molecule has 2 nitrogen and oxygen atoms in total. The van der Waals surface area contributed by atoms with Crippen LogP contribution in [0.1, 0.15) is 31.2 Å². The Bertz CT molecular complexity index is 349. The number of nitriles is 1. The maximum Gasteiger partial charge on any atom is 0.0622 e. The fourth-order valence-electron chi connectivity index (χ4n) is 2.01. The molecule has 1 saturated carbocycles. The van der Waals surface area contributed by atoms with Crippen molar-refractivity contribution in [3.63, 3.8) is 0 Å². The molecule has 1 aromatic rings. The normalized spacial score (nSPS) is 15.0. The average Bonchev–Trinajstić information content (AvgIpc) is 3.13. The van der Waals surface area contributed by atoms with Gasteiger partial charge in [0.15, 0.2) is 0 Å². The van der Waals surface area contributed by atoms with Gasteiger partial charge in [-0.05, 0) is 31.4 Å². The second-order valence-corrected chi connectivity index (χ2v) is 4.45. The summed E-state index contributed by atoms with van der Waals surface area (Å²) in [5.41, 5.74) is 1.38. The highest BCUT2D eigenvalue weighted by Crippen LogP contribution is 2.28. The van der Waals surface area contributed by atoms with E-state index in [0.29, 0.717) is 6.42 Å². The summed E-state index contributed by atoms with van der Waals surface area (Å²) in [6.45, 7) is 2.10. The van der Waals surface area contributed by atoms with E-state index >= 15 is 0 Å². The molecule has 2 rings (SSSR count). The highest BCUT2D eigenvalue weighted by Gasteiger charge is 2.28. The summed E-state index contributed by atoms with van der Waals surface area (Å²) < 4.78 is 0. The molecule has 0 bridgehead atoms. The predicted molar refractivity (Wildman–Crippen MR) is 64.7 cm³/mol. The number of unbranched alkanes of at least 4 members (excludes halogenated alkanes) is 1. The molecule has 2 heteroatoms. The van der Waals surface area contributed by atoms with Crippen molar-refractivity contribution in [1.82, 2.24) is 4.90 Å². The van der Waals surface area contributed by atoms with Crippen molar-refractivity contribution >= 4 is 0 Å². The summed E-state index contributed by atoms with van der Waals surface area (Å²) in [7, 11) is 0. The van der Waals surface area contributed by atoms with Crippen LogP contribution in [0.5, 0.6) is 0 Å². The number of rotatable bonds is 6. The van der Waals surface area contributed by atoms with E-state index in [4.69, 9.17) is 5.26 Å². The molecular weight excluding hydrogens is 196 g/mol. The summed E-state index contributed by atoms with van der Waals surface area (Å²) in [4.78, 5) is 2.52. The van der Waals surface area contributed by atoms with Crippen molar-refractivity contribution in [2.75, 3.05) is 6.54 Å². The Hall–Kier alpha value is -1.33. The molecule has 1 aliphatic carbocycles. The van der Waals surface area contributed by atoms with Crippen LogP contribution in [0.2, 0.25) is 0 Å². The van der Waals surface area contributed by atoms with Crippen LogP contribution in [0.25, 0.3) is 0 Å². The Morgan fingerprint density at radius 1 is 1.25 bits per heavy atom. The molecule has 0 aliphatic heterocycles. The summed E-state index contributed by atoms with van der Waals surface area (Å²) in [5, 5.41) is 8.55. The minimum Gasteiger partial charge on any atom is -0.296 e. The van der Waals surface area contributed by atoms with E-state index < -0.39 is 0 Å². The zero-order valence-electron chi connectivity index (χ0n) is 9.60. The Morgan fingerprint density at radius 2 is 2.00 bits per heavy atom. The lowest BCUT2D eigenvalue weighted by atomic mass is 10.2. The predicted octanol–water partition coefficient (Wildman–Crippen LogP) is 2.95. The van der Waals surface area contributed by atoms with Crippen molar-refractivity contribution in [3.8, 4) is 6.07 Å². The SMILES string of the molecule is N#CCCCN(Cc1ccccc1)C1CC1. The maximum atomic E-state index is 8.55. The molecule has 0 heterocycles. The largest absolute Gasteiger partial charge is 0.296 e. The standard InChI is InChI=1S/C14H18N2/c15-10-4-5-11-16(14-8-9-14)12-13-6-2-1-3-7-13/h1-3,6-7,14H,4-5,8-9,11-12H2. The van der Waals surface area contributed by atoms with Gasteiger partial charge in [0.1, 0.15) is 0 Å². The van der Waals surface area contributed by atoms with Crippen LogP contribution < -0.4 is 0 Å². The first-order valence-electron chi connectivity index (χ1n) is 6.05. The number of hydrogen-bond donors (Lipinski definition) is 0. The summed E-state index contributed by atoms with van der Waals surface area (Å²) in [6, 6.07) is 13.6. The molecular formula is C14H18N2. The zero-order chi connectivity index (χ0) is 11.2. The maximum absolute atomic E-state index is 8.55. The zero-order valence-corrected chi connectivity index (χ0v) is 9.60. The molecule has 1 aromatic carbocycles. The number of nitrogens with zero attached hydrogens (tertiary/aromatic N) is 2. The molecule has 1 aliphatic rings. The fraction of sp³-hybridized carbons (Fsp3) is 0.500. The van der Waals surface area contributed by atoms with Crippen LogP contribution in [-0.2, 0) is 6.54 Å². The Balaban J connectivity index is 1.86. The molecule has 0 aromatic heterocycles. The monoisotopic (exact) mass is 214 g/mol. The van der Waals surface area contributed by atoms with Crippen molar-refractivity contribution in [2.45, 2.75) is 38.3 Å². The van der Waals surface area contributed by atoms with Gasteiger partial charge in [0.25, 0.3) is 0 Å². The van der Waals surface area contributed by atoms with Gasteiger partial charge in [-0.3, -0.25) is 4.90 Å². The smallest absolute Gasteiger partial charge is 0.0622 e. The lowest BCUT2D eigenvalue weighted by molar-refractivity contribution is 0.252. The third-order valence-corrected chi connectivity index (χ3v) is 3.03. The van der Waals surface area contributed by atoms with E-state index in [1.54, 1.807) is 0 Å². The second-order valence-electron chi connectivity index (χ2n) is 4.45. The van der Waals surface area contributed by atoms with E-state index in [2.05, 4.69) is 41.3 Å². The van der Waals surface area contributed by atoms with Crippen molar-refractivity contribution in [2.24, 2.45) is 0 Å². The van der Waals surface area contributed by atoms with Gasteiger partial charge in [0.05, 0.1) is 6.07 Å². The van der Waals surface area contributed by atoms with E-state index in [0.717, 1.165) is 25.6 Å². The third-order valence-electron chi connectivity index (χ3n) is 3.03. The van der Waals surface area contributed by atoms with Crippen LogP contribution in [0, 0.1) is 11.3 Å². The third kappa shape index (κ3) is 3.36.